The van der Waals surface area contributed by atoms with Gasteiger partial charge in [-0.3, -0.25) is 9.59 Å². The maximum atomic E-state index is 13.5. The second-order valence-electron chi connectivity index (χ2n) is 4.42. The van der Waals surface area contributed by atoms with Gasteiger partial charge in [-0.2, -0.15) is 0 Å². The molecule has 0 aliphatic carbocycles. The summed E-state index contributed by atoms with van der Waals surface area (Å²) in [5, 5.41) is 2.45. The lowest BCUT2D eigenvalue weighted by molar-refractivity contribution is -0.117. The number of amides is 2. The Balaban J connectivity index is 2.12. The van der Waals surface area contributed by atoms with Gasteiger partial charge in [-0.25, -0.2) is 8.78 Å². The van der Waals surface area contributed by atoms with Gasteiger partial charge in [-0.1, -0.05) is 12.1 Å². The zero-order chi connectivity index (χ0) is 15.4. The second-order valence-corrected chi connectivity index (χ2v) is 4.42. The Morgan fingerprint density at radius 1 is 1.05 bits per heavy atom. The highest BCUT2D eigenvalue weighted by molar-refractivity contribution is 6.04. The van der Waals surface area contributed by atoms with Crippen molar-refractivity contribution < 1.29 is 18.4 Å². The van der Waals surface area contributed by atoms with Crippen LogP contribution in [-0.2, 0) is 11.2 Å². The fraction of sp³-hybridized carbons (Fsp3) is 0.0667. The van der Waals surface area contributed by atoms with Gasteiger partial charge in [0.2, 0.25) is 5.91 Å². The molecule has 0 unspecified atom stereocenters. The van der Waals surface area contributed by atoms with E-state index in [-0.39, 0.29) is 12.0 Å². The van der Waals surface area contributed by atoms with E-state index in [2.05, 4.69) is 5.32 Å². The molecular formula is C15H12F2N2O2. The van der Waals surface area contributed by atoms with Gasteiger partial charge in [0.1, 0.15) is 11.6 Å². The Labute approximate surface area is 119 Å². The second kappa shape index (κ2) is 6.13. The third-order valence-electron chi connectivity index (χ3n) is 2.76. The van der Waals surface area contributed by atoms with E-state index in [0.29, 0.717) is 11.3 Å². The molecule has 2 amide bonds. The number of hydrogen-bond donors (Lipinski definition) is 2. The molecule has 0 saturated heterocycles. The van der Waals surface area contributed by atoms with E-state index in [1.54, 1.807) is 24.3 Å². The van der Waals surface area contributed by atoms with Gasteiger partial charge in [-0.05, 0) is 35.9 Å². The Bertz CT molecular complexity index is 685. The molecule has 0 fully saturated rings. The summed E-state index contributed by atoms with van der Waals surface area (Å²) in [6, 6.07) is 8.97. The van der Waals surface area contributed by atoms with Crippen molar-refractivity contribution in [3.05, 3.63) is 65.2 Å². The Kier molecular flexibility index (Phi) is 4.27. The lowest BCUT2D eigenvalue weighted by Gasteiger charge is -2.07. The van der Waals surface area contributed by atoms with Crippen molar-refractivity contribution >= 4 is 17.5 Å². The monoisotopic (exact) mass is 290 g/mol. The lowest BCUT2D eigenvalue weighted by atomic mass is 10.1. The first kappa shape index (κ1) is 14.6. The summed E-state index contributed by atoms with van der Waals surface area (Å²) in [7, 11) is 0. The predicted molar refractivity (Wildman–Crippen MR) is 73.7 cm³/mol. The van der Waals surface area contributed by atoms with Gasteiger partial charge in [0.25, 0.3) is 5.91 Å². The molecule has 4 nitrogen and oxygen atoms in total. The van der Waals surface area contributed by atoms with Crippen LogP contribution in [0.1, 0.15) is 15.9 Å². The van der Waals surface area contributed by atoms with Crippen LogP contribution in [0.15, 0.2) is 42.5 Å². The zero-order valence-electron chi connectivity index (χ0n) is 10.9. The highest BCUT2D eigenvalue weighted by Gasteiger charge is 2.13. The van der Waals surface area contributed by atoms with Gasteiger partial charge < -0.3 is 11.1 Å². The minimum Gasteiger partial charge on any atom is -0.369 e. The molecule has 21 heavy (non-hydrogen) atoms. The Morgan fingerprint density at radius 3 is 2.33 bits per heavy atom. The quantitative estimate of drug-likeness (QED) is 0.906. The number of benzene rings is 2. The molecule has 2 rings (SSSR count). The molecule has 0 aliphatic rings. The SMILES string of the molecule is NC(=O)Cc1ccc(NC(=O)c2cc(F)ccc2F)cc1. The molecule has 0 aromatic heterocycles. The third-order valence-corrected chi connectivity index (χ3v) is 2.76. The van der Waals surface area contributed by atoms with Crippen LogP contribution in [-0.4, -0.2) is 11.8 Å². The van der Waals surface area contributed by atoms with Gasteiger partial charge in [-0.15, -0.1) is 0 Å². The normalized spacial score (nSPS) is 10.2. The highest BCUT2D eigenvalue weighted by Crippen LogP contribution is 2.14. The Morgan fingerprint density at radius 2 is 1.71 bits per heavy atom. The summed E-state index contributed by atoms with van der Waals surface area (Å²) in [5.41, 5.74) is 5.78. The van der Waals surface area contributed by atoms with Crippen LogP contribution < -0.4 is 11.1 Å². The number of nitrogens with two attached hydrogens (primary N) is 1. The third kappa shape index (κ3) is 3.85. The summed E-state index contributed by atoms with van der Waals surface area (Å²) >= 11 is 0. The van der Waals surface area contributed by atoms with Crippen LogP contribution in [0.3, 0.4) is 0 Å². The van der Waals surface area contributed by atoms with Crippen LogP contribution in [0.2, 0.25) is 0 Å². The molecule has 6 heteroatoms. The van der Waals surface area contributed by atoms with Crippen molar-refractivity contribution in [3.63, 3.8) is 0 Å². The first-order valence-electron chi connectivity index (χ1n) is 6.09. The molecule has 2 aromatic carbocycles. The Hall–Kier alpha value is -2.76. The summed E-state index contributed by atoms with van der Waals surface area (Å²) in [4.78, 5) is 22.6. The number of hydrogen-bond acceptors (Lipinski definition) is 2. The van der Waals surface area contributed by atoms with E-state index in [1.165, 1.54) is 0 Å². The zero-order valence-corrected chi connectivity index (χ0v) is 10.9. The van der Waals surface area contributed by atoms with Crippen molar-refractivity contribution in [1.29, 1.82) is 0 Å². The van der Waals surface area contributed by atoms with Gasteiger partial charge >= 0.3 is 0 Å². The van der Waals surface area contributed by atoms with Gasteiger partial charge in [0, 0.05) is 5.69 Å². The molecule has 108 valence electrons. The number of rotatable bonds is 4. The fourth-order valence-electron chi connectivity index (χ4n) is 1.78. The number of primary amides is 1. The molecule has 3 N–H and O–H groups in total. The van der Waals surface area contributed by atoms with Crippen molar-refractivity contribution in [2.45, 2.75) is 6.42 Å². The molecule has 2 aromatic rings. The van der Waals surface area contributed by atoms with E-state index < -0.39 is 23.4 Å². The molecule has 0 saturated carbocycles. The number of nitrogens with one attached hydrogen (secondary N) is 1. The number of carbonyl (C=O) groups excluding carboxylic acids is 2. The summed E-state index contributed by atoms with van der Waals surface area (Å²) in [6.07, 6.45) is 0.0900. The molecular weight excluding hydrogens is 278 g/mol. The van der Waals surface area contributed by atoms with Crippen molar-refractivity contribution in [1.82, 2.24) is 0 Å². The van der Waals surface area contributed by atoms with E-state index in [9.17, 15) is 18.4 Å². The van der Waals surface area contributed by atoms with E-state index in [1.807, 2.05) is 0 Å². The number of halogens is 2. The summed E-state index contributed by atoms with van der Waals surface area (Å²) in [6.45, 7) is 0. The fourth-order valence-corrected chi connectivity index (χ4v) is 1.78. The minimum absolute atomic E-state index is 0.0900. The van der Waals surface area contributed by atoms with Crippen LogP contribution in [0, 0.1) is 11.6 Å². The van der Waals surface area contributed by atoms with Crippen LogP contribution in [0.4, 0.5) is 14.5 Å². The molecule has 0 atom stereocenters. The van der Waals surface area contributed by atoms with E-state index >= 15 is 0 Å². The van der Waals surface area contributed by atoms with Crippen molar-refractivity contribution in [2.24, 2.45) is 5.73 Å². The van der Waals surface area contributed by atoms with Gasteiger partial charge in [0.05, 0.1) is 12.0 Å². The smallest absolute Gasteiger partial charge is 0.258 e. The number of carbonyl (C=O) groups is 2. The van der Waals surface area contributed by atoms with Crippen molar-refractivity contribution in [3.8, 4) is 0 Å². The minimum atomic E-state index is -0.806. The van der Waals surface area contributed by atoms with Crippen LogP contribution >= 0.6 is 0 Å². The standard InChI is InChI=1S/C15H12F2N2O2/c16-10-3-6-13(17)12(8-10)15(21)19-11-4-1-9(2-5-11)7-14(18)20/h1-6,8H,7H2,(H2,18,20)(H,19,21). The van der Waals surface area contributed by atoms with Crippen molar-refractivity contribution in [2.75, 3.05) is 5.32 Å². The molecule has 0 aliphatic heterocycles. The maximum Gasteiger partial charge on any atom is 0.258 e. The van der Waals surface area contributed by atoms with E-state index in [0.717, 1.165) is 18.2 Å². The predicted octanol–water partition coefficient (Wildman–Crippen LogP) is 2.24. The van der Waals surface area contributed by atoms with Gasteiger partial charge in [0.15, 0.2) is 0 Å². The van der Waals surface area contributed by atoms with Crippen LogP contribution in [0.5, 0.6) is 0 Å². The molecule has 0 spiro atoms. The highest BCUT2D eigenvalue weighted by atomic mass is 19.1. The summed E-state index contributed by atoms with van der Waals surface area (Å²) < 4.78 is 26.5. The molecule has 0 bridgehead atoms. The topological polar surface area (TPSA) is 72.2 Å². The van der Waals surface area contributed by atoms with E-state index in [4.69, 9.17) is 5.73 Å². The lowest BCUT2D eigenvalue weighted by Crippen LogP contribution is -2.15. The average molecular weight is 290 g/mol. The number of anilines is 1. The first-order chi connectivity index (χ1) is 9.95. The molecule has 0 radical (unpaired) electrons. The molecule has 0 heterocycles. The largest absolute Gasteiger partial charge is 0.369 e. The summed E-state index contributed by atoms with van der Waals surface area (Å²) in [5.74, 6) is -2.72. The first-order valence-corrected chi connectivity index (χ1v) is 6.09. The average Bonchev–Trinajstić information content (AvgIpc) is 2.43. The van der Waals surface area contributed by atoms with Crippen LogP contribution in [0.25, 0.3) is 0 Å². The maximum absolute atomic E-state index is 13.5.